The Kier molecular flexibility index (Phi) is 6.95. The lowest BCUT2D eigenvalue weighted by atomic mass is 10.2. The Morgan fingerprint density at radius 3 is 2.84 bits per heavy atom. The summed E-state index contributed by atoms with van der Waals surface area (Å²) in [5, 5.41) is 3.16. The highest BCUT2D eigenvalue weighted by atomic mass is 16.5. The molecule has 0 aromatic carbocycles. The normalized spacial score (nSPS) is 10.7. The molecule has 108 valence electrons. The molecule has 0 saturated carbocycles. The van der Waals surface area contributed by atoms with E-state index in [1.165, 1.54) is 6.33 Å². The van der Waals surface area contributed by atoms with Gasteiger partial charge in [-0.25, -0.2) is 4.98 Å². The first kappa shape index (κ1) is 15.5. The van der Waals surface area contributed by atoms with Crippen LogP contribution >= 0.6 is 0 Å². The average molecular weight is 268 g/mol. The van der Waals surface area contributed by atoms with Crippen molar-refractivity contribution in [2.24, 2.45) is 5.92 Å². The first-order valence-electron chi connectivity index (χ1n) is 6.70. The molecular formula is C13H24N4O2. The minimum Gasteiger partial charge on any atom is -0.476 e. The van der Waals surface area contributed by atoms with E-state index in [1.54, 1.807) is 0 Å². The van der Waals surface area contributed by atoms with E-state index in [9.17, 15) is 0 Å². The number of nitrogens with one attached hydrogen (secondary N) is 1. The summed E-state index contributed by atoms with van der Waals surface area (Å²) in [5.41, 5.74) is 6.36. The van der Waals surface area contributed by atoms with E-state index < -0.39 is 0 Å². The van der Waals surface area contributed by atoms with Gasteiger partial charge in [0, 0.05) is 19.8 Å². The molecule has 1 rings (SSSR count). The molecule has 3 N–H and O–H groups in total. The molecule has 0 fully saturated rings. The number of hydrogen-bond acceptors (Lipinski definition) is 6. The van der Waals surface area contributed by atoms with Crippen LogP contribution < -0.4 is 15.8 Å². The van der Waals surface area contributed by atoms with Crippen LogP contribution in [0.4, 0.5) is 11.5 Å². The molecule has 0 unspecified atom stereocenters. The third kappa shape index (κ3) is 5.74. The summed E-state index contributed by atoms with van der Waals surface area (Å²) in [5.74, 6) is 1.61. The summed E-state index contributed by atoms with van der Waals surface area (Å²) in [6.45, 7) is 8.97. The largest absolute Gasteiger partial charge is 0.476 e. The number of hydrogen-bond donors (Lipinski definition) is 2. The van der Waals surface area contributed by atoms with Crippen molar-refractivity contribution in [3.8, 4) is 5.88 Å². The van der Waals surface area contributed by atoms with E-state index in [0.717, 1.165) is 26.2 Å². The maximum atomic E-state index is 5.91. The van der Waals surface area contributed by atoms with E-state index in [-0.39, 0.29) is 0 Å². The summed E-state index contributed by atoms with van der Waals surface area (Å²) in [7, 11) is 0. The van der Waals surface area contributed by atoms with Crippen LogP contribution in [0.1, 0.15) is 27.2 Å². The summed E-state index contributed by atoms with van der Waals surface area (Å²) < 4.78 is 10.8. The lowest BCUT2D eigenvalue weighted by Crippen LogP contribution is -2.11. The minimum atomic E-state index is 0.427. The van der Waals surface area contributed by atoms with Gasteiger partial charge in [0.15, 0.2) is 5.82 Å². The molecule has 0 saturated heterocycles. The first-order valence-corrected chi connectivity index (χ1v) is 6.70. The van der Waals surface area contributed by atoms with Gasteiger partial charge in [-0.3, -0.25) is 0 Å². The third-order valence-electron chi connectivity index (χ3n) is 2.34. The highest BCUT2D eigenvalue weighted by Gasteiger charge is 2.07. The van der Waals surface area contributed by atoms with Crippen molar-refractivity contribution in [2.45, 2.75) is 27.2 Å². The zero-order valence-corrected chi connectivity index (χ0v) is 12.0. The number of nitrogen functional groups attached to an aromatic ring is 1. The van der Waals surface area contributed by atoms with Crippen LogP contribution in [0.2, 0.25) is 0 Å². The van der Waals surface area contributed by atoms with Crippen LogP contribution in [0, 0.1) is 5.92 Å². The van der Waals surface area contributed by atoms with Gasteiger partial charge in [-0.1, -0.05) is 13.8 Å². The van der Waals surface area contributed by atoms with Crippen LogP contribution in [0.25, 0.3) is 0 Å². The quantitative estimate of drug-likeness (QED) is 0.666. The fourth-order valence-corrected chi connectivity index (χ4v) is 1.47. The van der Waals surface area contributed by atoms with Gasteiger partial charge in [0.05, 0.1) is 6.61 Å². The van der Waals surface area contributed by atoms with Crippen molar-refractivity contribution in [1.82, 2.24) is 9.97 Å². The summed E-state index contributed by atoms with van der Waals surface area (Å²) in [6, 6.07) is 0. The number of rotatable bonds is 9. The van der Waals surface area contributed by atoms with Crippen LogP contribution in [-0.4, -0.2) is 36.3 Å². The maximum absolute atomic E-state index is 5.91. The summed E-state index contributed by atoms with van der Waals surface area (Å²) >= 11 is 0. The van der Waals surface area contributed by atoms with Crippen molar-refractivity contribution < 1.29 is 9.47 Å². The van der Waals surface area contributed by atoms with Crippen LogP contribution in [0.15, 0.2) is 6.33 Å². The standard InChI is InChI=1S/C13H24N4O2/c1-4-19-13-11(14)12(16-9-17-13)15-6-5-7-18-8-10(2)3/h9-10H,4-8,14H2,1-3H3,(H,15,16,17). The predicted octanol–water partition coefficient (Wildman–Crippen LogP) is 1.93. The highest BCUT2D eigenvalue weighted by Crippen LogP contribution is 2.24. The van der Waals surface area contributed by atoms with Crippen molar-refractivity contribution in [2.75, 3.05) is 37.4 Å². The Labute approximate surface area is 114 Å². The van der Waals surface area contributed by atoms with Gasteiger partial charge >= 0.3 is 0 Å². The molecule has 0 spiro atoms. The number of anilines is 2. The number of nitrogens with zero attached hydrogens (tertiary/aromatic N) is 2. The Balaban J connectivity index is 2.31. The molecule has 1 aromatic rings. The van der Waals surface area contributed by atoms with Gasteiger partial charge in [-0.15, -0.1) is 0 Å². The molecule has 0 radical (unpaired) electrons. The number of ether oxygens (including phenoxy) is 2. The first-order chi connectivity index (χ1) is 9.15. The fraction of sp³-hybridized carbons (Fsp3) is 0.692. The monoisotopic (exact) mass is 268 g/mol. The Bertz CT molecular complexity index is 372. The Hall–Kier alpha value is -1.56. The Morgan fingerprint density at radius 2 is 2.16 bits per heavy atom. The lowest BCUT2D eigenvalue weighted by Gasteiger charge is -2.11. The van der Waals surface area contributed by atoms with E-state index in [0.29, 0.717) is 29.9 Å². The molecule has 6 heteroatoms. The molecule has 6 nitrogen and oxygen atoms in total. The molecular weight excluding hydrogens is 244 g/mol. The lowest BCUT2D eigenvalue weighted by molar-refractivity contribution is 0.110. The SMILES string of the molecule is CCOc1ncnc(NCCCOCC(C)C)c1N. The van der Waals surface area contributed by atoms with E-state index >= 15 is 0 Å². The second kappa shape index (κ2) is 8.53. The second-order valence-electron chi connectivity index (χ2n) is 4.62. The van der Waals surface area contributed by atoms with Crippen molar-refractivity contribution in [3.63, 3.8) is 0 Å². The van der Waals surface area contributed by atoms with Gasteiger partial charge < -0.3 is 20.5 Å². The molecule has 1 aromatic heterocycles. The van der Waals surface area contributed by atoms with Gasteiger partial charge in [-0.05, 0) is 19.3 Å². The average Bonchev–Trinajstić information content (AvgIpc) is 2.37. The summed E-state index contributed by atoms with van der Waals surface area (Å²) in [4.78, 5) is 8.08. The molecule has 0 aliphatic carbocycles. The predicted molar refractivity (Wildman–Crippen MR) is 76.4 cm³/mol. The smallest absolute Gasteiger partial charge is 0.242 e. The summed E-state index contributed by atoms with van der Waals surface area (Å²) in [6.07, 6.45) is 2.35. The molecule has 19 heavy (non-hydrogen) atoms. The third-order valence-corrected chi connectivity index (χ3v) is 2.34. The van der Waals surface area contributed by atoms with Crippen molar-refractivity contribution >= 4 is 11.5 Å². The van der Waals surface area contributed by atoms with Gasteiger partial charge in [-0.2, -0.15) is 4.98 Å². The van der Waals surface area contributed by atoms with Gasteiger partial charge in [0.25, 0.3) is 0 Å². The molecule has 0 aliphatic rings. The maximum Gasteiger partial charge on any atom is 0.242 e. The zero-order valence-electron chi connectivity index (χ0n) is 12.0. The van der Waals surface area contributed by atoms with Crippen molar-refractivity contribution in [1.29, 1.82) is 0 Å². The number of nitrogens with two attached hydrogens (primary N) is 1. The van der Waals surface area contributed by atoms with Crippen LogP contribution in [0.3, 0.4) is 0 Å². The van der Waals surface area contributed by atoms with Crippen LogP contribution in [0.5, 0.6) is 5.88 Å². The van der Waals surface area contributed by atoms with Gasteiger partial charge in [0.2, 0.25) is 5.88 Å². The minimum absolute atomic E-state index is 0.427. The number of aromatic nitrogens is 2. The van der Waals surface area contributed by atoms with E-state index in [4.69, 9.17) is 15.2 Å². The van der Waals surface area contributed by atoms with Gasteiger partial charge in [0.1, 0.15) is 12.0 Å². The fourth-order valence-electron chi connectivity index (χ4n) is 1.47. The second-order valence-corrected chi connectivity index (χ2v) is 4.62. The van der Waals surface area contributed by atoms with Crippen LogP contribution in [-0.2, 0) is 4.74 Å². The zero-order chi connectivity index (χ0) is 14.1. The molecule has 1 heterocycles. The Morgan fingerprint density at radius 1 is 1.37 bits per heavy atom. The van der Waals surface area contributed by atoms with Crippen molar-refractivity contribution in [3.05, 3.63) is 6.33 Å². The highest BCUT2D eigenvalue weighted by molar-refractivity contribution is 5.66. The molecule has 0 atom stereocenters. The van der Waals surface area contributed by atoms with E-state index in [1.807, 2.05) is 6.92 Å². The molecule has 0 aliphatic heterocycles. The molecule has 0 amide bonds. The topological polar surface area (TPSA) is 82.3 Å². The molecule has 0 bridgehead atoms. The van der Waals surface area contributed by atoms with E-state index in [2.05, 4.69) is 29.1 Å².